The van der Waals surface area contributed by atoms with Crippen LogP contribution < -0.4 is 0 Å². The number of rotatable bonds is 6. The second-order valence-electron chi connectivity index (χ2n) is 4.17. The van der Waals surface area contributed by atoms with Crippen LogP contribution in [-0.2, 0) is 27.2 Å². The molecule has 1 aromatic rings. The Hall–Kier alpha value is -0.900. The first kappa shape index (κ1) is 16.2. The van der Waals surface area contributed by atoms with Crippen molar-refractivity contribution in [1.82, 2.24) is 0 Å². The van der Waals surface area contributed by atoms with Gasteiger partial charge >= 0.3 is 0 Å². The van der Waals surface area contributed by atoms with Crippen LogP contribution in [0.1, 0.15) is 29.5 Å². The largest absolute Gasteiger partial charge is 0.281 e. The monoisotopic (exact) mass is 320 g/mol. The van der Waals surface area contributed by atoms with Crippen molar-refractivity contribution in [3.05, 3.63) is 34.9 Å². The zero-order valence-corrected chi connectivity index (χ0v) is 12.4. The van der Waals surface area contributed by atoms with E-state index in [9.17, 15) is 14.4 Å². The van der Waals surface area contributed by atoms with Gasteiger partial charge in [0.2, 0.25) is 15.7 Å². The van der Waals surface area contributed by atoms with Gasteiger partial charge in [-0.15, -0.1) is 0 Å². The molecule has 19 heavy (non-hydrogen) atoms. The summed E-state index contributed by atoms with van der Waals surface area (Å²) in [6.45, 7) is 1.64. The molecule has 0 amide bonds. The van der Waals surface area contributed by atoms with E-state index in [-0.39, 0.29) is 12.8 Å². The number of hydrogen-bond acceptors (Lipinski definition) is 3. The topological polar surface area (TPSA) is 51.2 Å². The number of halogens is 3. The average molecular weight is 322 g/mol. The molecule has 3 nitrogen and oxygen atoms in total. The third-order valence-electron chi connectivity index (χ3n) is 2.60. The van der Waals surface area contributed by atoms with E-state index in [1.54, 1.807) is 25.1 Å². The molecule has 0 radical (unpaired) electrons. The van der Waals surface area contributed by atoms with Crippen molar-refractivity contribution in [2.24, 2.45) is 0 Å². The van der Waals surface area contributed by atoms with Crippen molar-refractivity contribution in [1.29, 1.82) is 0 Å². The summed E-state index contributed by atoms with van der Waals surface area (Å²) in [5, 5.41) is -1.56. The van der Waals surface area contributed by atoms with Crippen molar-refractivity contribution in [3.63, 3.8) is 0 Å². The predicted molar refractivity (Wildman–Crippen MR) is 74.8 cm³/mol. The summed E-state index contributed by atoms with van der Waals surface area (Å²) in [6.07, 6.45) is 0.0319. The van der Waals surface area contributed by atoms with Crippen molar-refractivity contribution in [3.8, 4) is 0 Å². The molecule has 1 rings (SSSR count). The van der Waals surface area contributed by atoms with Crippen LogP contribution >= 0.6 is 34.8 Å². The molecule has 0 spiro atoms. The molecular formula is C13H11Cl3O3. The minimum Gasteiger partial charge on any atom is -0.281 e. The molecule has 6 heteroatoms. The van der Waals surface area contributed by atoms with Gasteiger partial charge in [0.15, 0.2) is 0 Å². The molecule has 0 fully saturated rings. The summed E-state index contributed by atoms with van der Waals surface area (Å²) in [5.74, 6) is -0.531. The zero-order chi connectivity index (χ0) is 14.6. The standard InChI is InChI=1S/C13H11Cl3O3/c1-7(13(16)19)10-3-8(5-11(14)17)2-9(4-10)6-12(15)18/h2-4,7H,5-6H2,1H3/t7-/m0/s1. The van der Waals surface area contributed by atoms with E-state index >= 15 is 0 Å². The lowest BCUT2D eigenvalue weighted by molar-refractivity contribution is -0.113. The molecule has 0 aromatic heterocycles. The van der Waals surface area contributed by atoms with Crippen LogP contribution in [0.25, 0.3) is 0 Å². The SMILES string of the molecule is C[C@H](C(=O)Cl)c1cc(CC(=O)Cl)cc(CC(=O)Cl)c1. The van der Waals surface area contributed by atoms with Gasteiger partial charge in [-0.25, -0.2) is 0 Å². The summed E-state index contributed by atoms with van der Waals surface area (Å²) in [6, 6.07) is 5.01. The van der Waals surface area contributed by atoms with Gasteiger partial charge in [-0.1, -0.05) is 25.1 Å². The first-order chi connectivity index (χ1) is 8.79. The van der Waals surface area contributed by atoms with Crippen LogP contribution in [0.5, 0.6) is 0 Å². The molecule has 0 heterocycles. The van der Waals surface area contributed by atoms with Gasteiger partial charge in [-0.05, 0) is 51.5 Å². The third-order valence-corrected chi connectivity index (χ3v) is 3.20. The number of benzene rings is 1. The summed E-state index contributed by atoms with van der Waals surface area (Å²) >= 11 is 16.1. The van der Waals surface area contributed by atoms with Crippen LogP contribution in [0.3, 0.4) is 0 Å². The minimum absolute atomic E-state index is 0.0159. The van der Waals surface area contributed by atoms with Crippen molar-refractivity contribution in [2.45, 2.75) is 25.7 Å². The van der Waals surface area contributed by atoms with Crippen LogP contribution in [0.4, 0.5) is 0 Å². The number of carbonyl (C=O) groups is 3. The van der Waals surface area contributed by atoms with Gasteiger partial charge in [0.1, 0.15) is 0 Å². The molecule has 0 saturated carbocycles. The van der Waals surface area contributed by atoms with E-state index < -0.39 is 21.6 Å². The normalized spacial score (nSPS) is 12.0. The van der Waals surface area contributed by atoms with Gasteiger partial charge in [0.25, 0.3) is 0 Å². The smallest absolute Gasteiger partial charge is 0.228 e. The Labute approximate surface area is 125 Å². The van der Waals surface area contributed by atoms with E-state index in [1.165, 1.54) is 0 Å². The second-order valence-corrected chi connectivity index (χ2v) is 5.39. The molecule has 0 saturated heterocycles. The lowest BCUT2D eigenvalue weighted by Crippen LogP contribution is -2.06. The first-order valence-corrected chi connectivity index (χ1v) is 6.61. The molecule has 0 unspecified atom stereocenters. The molecule has 0 aliphatic heterocycles. The first-order valence-electron chi connectivity index (χ1n) is 5.48. The summed E-state index contributed by atoms with van der Waals surface area (Å²) in [7, 11) is 0. The van der Waals surface area contributed by atoms with Crippen molar-refractivity contribution < 1.29 is 14.4 Å². The van der Waals surface area contributed by atoms with Gasteiger partial charge in [0.05, 0.1) is 5.92 Å². The van der Waals surface area contributed by atoms with Gasteiger partial charge in [-0.3, -0.25) is 14.4 Å². The van der Waals surface area contributed by atoms with Crippen LogP contribution in [0.15, 0.2) is 18.2 Å². The molecule has 102 valence electrons. The molecule has 1 aromatic carbocycles. The number of hydrogen-bond donors (Lipinski definition) is 0. The zero-order valence-electron chi connectivity index (χ0n) is 10.1. The molecule has 0 aliphatic rings. The molecule has 0 bridgehead atoms. The third kappa shape index (κ3) is 5.31. The highest BCUT2D eigenvalue weighted by Crippen LogP contribution is 2.22. The maximum absolute atomic E-state index is 11.2. The Morgan fingerprint density at radius 2 is 1.37 bits per heavy atom. The Morgan fingerprint density at radius 3 is 1.68 bits per heavy atom. The predicted octanol–water partition coefficient (Wildman–Crippen LogP) is 3.17. The molecule has 0 N–H and O–H groups in total. The van der Waals surface area contributed by atoms with Gasteiger partial charge in [-0.2, -0.15) is 0 Å². The Balaban J connectivity index is 3.18. The van der Waals surface area contributed by atoms with Crippen molar-refractivity contribution >= 4 is 50.5 Å². The Bertz CT molecular complexity index is 492. The highest BCUT2D eigenvalue weighted by atomic mass is 35.5. The van der Waals surface area contributed by atoms with Crippen LogP contribution in [0, 0.1) is 0 Å². The quantitative estimate of drug-likeness (QED) is 0.756. The lowest BCUT2D eigenvalue weighted by atomic mass is 9.95. The maximum atomic E-state index is 11.2. The summed E-state index contributed by atoms with van der Waals surface area (Å²) in [5.41, 5.74) is 1.87. The van der Waals surface area contributed by atoms with E-state index in [0.29, 0.717) is 16.7 Å². The van der Waals surface area contributed by atoms with Gasteiger partial charge < -0.3 is 0 Å². The van der Waals surface area contributed by atoms with Gasteiger partial charge in [0, 0.05) is 12.8 Å². The van der Waals surface area contributed by atoms with E-state index in [0.717, 1.165) is 0 Å². The fraction of sp³-hybridized carbons (Fsp3) is 0.308. The average Bonchev–Trinajstić information content (AvgIpc) is 2.25. The number of carbonyl (C=O) groups excluding carboxylic acids is 3. The van der Waals surface area contributed by atoms with E-state index in [2.05, 4.69) is 0 Å². The molecular weight excluding hydrogens is 310 g/mol. The second kappa shape index (κ2) is 7.04. The van der Waals surface area contributed by atoms with E-state index in [1.807, 2.05) is 0 Å². The maximum Gasteiger partial charge on any atom is 0.228 e. The fourth-order valence-electron chi connectivity index (χ4n) is 1.70. The van der Waals surface area contributed by atoms with Crippen LogP contribution in [-0.4, -0.2) is 15.7 Å². The highest BCUT2D eigenvalue weighted by Gasteiger charge is 2.15. The molecule has 1 atom stereocenters. The highest BCUT2D eigenvalue weighted by molar-refractivity contribution is 6.65. The Morgan fingerprint density at radius 1 is 0.947 bits per heavy atom. The Kier molecular flexibility index (Phi) is 5.98. The molecule has 0 aliphatic carbocycles. The summed E-state index contributed by atoms with van der Waals surface area (Å²) in [4.78, 5) is 33.1. The lowest BCUT2D eigenvalue weighted by Gasteiger charge is -2.11. The minimum atomic E-state index is -0.531. The van der Waals surface area contributed by atoms with Crippen molar-refractivity contribution in [2.75, 3.05) is 0 Å². The van der Waals surface area contributed by atoms with Crippen LogP contribution in [0.2, 0.25) is 0 Å². The fourth-order valence-corrected chi connectivity index (χ4v) is 2.13. The summed E-state index contributed by atoms with van der Waals surface area (Å²) < 4.78 is 0. The van der Waals surface area contributed by atoms with E-state index in [4.69, 9.17) is 34.8 Å².